The molecule has 0 N–H and O–H groups in total. The lowest BCUT2D eigenvalue weighted by Gasteiger charge is -2.31. The molecule has 0 spiro atoms. The van der Waals surface area contributed by atoms with Crippen molar-refractivity contribution in [3.8, 4) is 0 Å². The molecule has 0 saturated carbocycles. The minimum Gasteiger partial charge on any atom is -0.329 e. The van der Waals surface area contributed by atoms with Crippen LogP contribution in [0.2, 0.25) is 5.02 Å². The van der Waals surface area contributed by atoms with E-state index in [2.05, 4.69) is 0 Å². The van der Waals surface area contributed by atoms with E-state index >= 15 is 0 Å². The molecule has 1 aliphatic heterocycles. The van der Waals surface area contributed by atoms with Gasteiger partial charge in [0.15, 0.2) is 0 Å². The number of nitrogens with zero attached hydrogens (tertiary/aromatic N) is 2. The molecule has 28 heavy (non-hydrogen) atoms. The fraction of sp³-hybridized carbons (Fsp3) is 0.611. The summed E-state index contributed by atoms with van der Waals surface area (Å²) < 4.78 is 65.8. The fourth-order valence-corrected chi connectivity index (χ4v) is 4.81. The Morgan fingerprint density at radius 1 is 1.14 bits per heavy atom. The van der Waals surface area contributed by atoms with Crippen LogP contribution in [0.5, 0.6) is 0 Å². The van der Waals surface area contributed by atoms with E-state index in [0.717, 1.165) is 18.9 Å². The lowest BCUT2D eigenvalue weighted by atomic mass is 9.95. The van der Waals surface area contributed by atoms with Crippen LogP contribution in [0.4, 0.5) is 13.2 Å². The molecule has 1 fully saturated rings. The molecule has 1 aromatic carbocycles. The van der Waals surface area contributed by atoms with Crippen LogP contribution in [-0.4, -0.2) is 55.9 Å². The number of rotatable bonds is 5. The molecule has 0 aliphatic carbocycles. The topological polar surface area (TPSA) is 57.7 Å². The van der Waals surface area contributed by atoms with E-state index in [1.807, 2.05) is 0 Å². The van der Waals surface area contributed by atoms with Crippen LogP contribution < -0.4 is 0 Å². The highest BCUT2D eigenvalue weighted by molar-refractivity contribution is 7.89. The number of sulfonamides is 1. The largest absolute Gasteiger partial charge is 0.406 e. The molecule has 158 valence electrons. The summed E-state index contributed by atoms with van der Waals surface area (Å²) in [6.07, 6.45) is -3.11. The van der Waals surface area contributed by atoms with Gasteiger partial charge in [0.25, 0.3) is 5.91 Å². The summed E-state index contributed by atoms with van der Waals surface area (Å²) in [5, 5.41) is -0.0912. The van der Waals surface area contributed by atoms with Gasteiger partial charge in [0.1, 0.15) is 6.54 Å². The number of alkyl halides is 3. The van der Waals surface area contributed by atoms with Crippen molar-refractivity contribution < 1.29 is 26.4 Å². The first kappa shape index (κ1) is 23.0. The number of hydrogen-bond donors (Lipinski definition) is 0. The van der Waals surface area contributed by atoms with Crippen molar-refractivity contribution in [2.24, 2.45) is 5.41 Å². The number of benzene rings is 1. The number of carbonyl (C=O) groups excluding carboxylic acids is 1. The average molecular weight is 441 g/mol. The molecule has 0 atom stereocenters. The summed E-state index contributed by atoms with van der Waals surface area (Å²) >= 11 is 6.05. The van der Waals surface area contributed by atoms with Crippen molar-refractivity contribution in [2.45, 2.75) is 44.7 Å². The Morgan fingerprint density at radius 3 is 2.21 bits per heavy atom. The van der Waals surface area contributed by atoms with E-state index in [1.54, 1.807) is 20.8 Å². The second-order valence-electron chi connectivity index (χ2n) is 8.09. The third kappa shape index (κ3) is 5.84. The Balaban J connectivity index is 2.42. The van der Waals surface area contributed by atoms with Gasteiger partial charge < -0.3 is 4.90 Å². The predicted octanol–water partition coefficient (Wildman–Crippen LogP) is 4.18. The highest BCUT2D eigenvalue weighted by Gasteiger charge is 2.36. The fourth-order valence-electron chi connectivity index (χ4n) is 3.07. The van der Waals surface area contributed by atoms with Crippen molar-refractivity contribution in [2.75, 3.05) is 26.2 Å². The third-order valence-electron chi connectivity index (χ3n) is 4.19. The summed E-state index contributed by atoms with van der Waals surface area (Å²) in [6, 6.07) is 3.58. The lowest BCUT2D eigenvalue weighted by Crippen LogP contribution is -2.43. The number of halogens is 4. The van der Waals surface area contributed by atoms with E-state index in [1.165, 1.54) is 16.4 Å². The van der Waals surface area contributed by atoms with E-state index in [9.17, 15) is 26.4 Å². The first-order valence-electron chi connectivity index (χ1n) is 8.86. The van der Waals surface area contributed by atoms with Crippen LogP contribution in [0, 0.1) is 5.41 Å². The zero-order valence-electron chi connectivity index (χ0n) is 16.0. The summed E-state index contributed by atoms with van der Waals surface area (Å²) in [7, 11) is -3.83. The molecule has 1 amide bonds. The Hall–Kier alpha value is -1.32. The second-order valence-corrected chi connectivity index (χ2v) is 10.4. The molecule has 2 rings (SSSR count). The molecule has 1 heterocycles. The second kappa shape index (κ2) is 8.20. The molecule has 0 bridgehead atoms. The maximum atomic E-state index is 13.0. The van der Waals surface area contributed by atoms with Crippen LogP contribution in [0.3, 0.4) is 0 Å². The van der Waals surface area contributed by atoms with Crippen molar-refractivity contribution in [1.29, 1.82) is 0 Å². The van der Waals surface area contributed by atoms with Crippen molar-refractivity contribution in [1.82, 2.24) is 9.21 Å². The zero-order valence-corrected chi connectivity index (χ0v) is 17.6. The lowest BCUT2D eigenvalue weighted by molar-refractivity contribution is -0.142. The van der Waals surface area contributed by atoms with Crippen LogP contribution >= 0.6 is 11.6 Å². The Morgan fingerprint density at radius 2 is 1.71 bits per heavy atom. The number of amides is 1. The molecule has 1 aromatic rings. The Bertz CT molecular complexity index is 813. The van der Waals surface area contributed by atoms with Crippen LogP contribution in [0.1, 0.15) is 44.0 Å². The highest BCUT2D eigenvalue weighted by atomic mass is 35.5. The van der Waals surface area contributed by atoms with Crippen LogP contribution in [0.25, 0.3) is 0 Å². The molecular weight excluding hydrogens is 417 g/mol. The molecular formula is C18H24ClF3N2O3S. The zero-order chi connectivity index (χ0) is 21.3. The SMILES string of the molecule is CC(C)(C)CN(CC(F)(F)F)C(=O)c1cc(S(=O)(=O)N2CCCC2)ccc1Cl. The van der Waals surface area contributed by atoms with Gasteiger partial charge in [0, 0.05) is 19.6 Å². The normalized spacial score (nSPS) is 16.4. The van der Waals surface area contributed by atoms with Gasteiger partial charge in [-0.3, -0.25) is 4.79 Å². The molecule has 0 aromatic heterocycles. The number of carbonyl (C=O) groups is 1. The molecule has 10 heteroatoms. The molecule has 5 nitrogen and oxygen atoms in total. The summed E-state index contributed by atoms with van der Waals surface area (Å²) in [5.74, 6) is -0.948. The first-order chi connectivity index (χ1) is 12.7. The third-order valence-corrected chi connectivity index (χ3v) is 6.42. The van der Waals surface area contributed by atoms with Gasteiger partial charge in [0.2, 0.25) is 10.0 Å². The van der Waals surface area contributed by atoms with Gasteiger partial charge in [-0.15, -0.1) is 0 Å². The van der Waals surface area contributed by atoms with Crippen molar-refractivity contribution in [3.63, 3.8) is 0 Å². The van der Waals surface area contributed by atoms with Gasteiger partial charge in [-0.2, -0.15) is 17.5 Å². The van der Waals surface area contributed by atoms with Gasteiger partial charge >= 0.3 is 6.18 Å². The monoisotopic (exact) mass is 440 g/mol. The quantitative estimate of drug-likeness (QED) is 0.690. The first-order valence-corrected chi connectivity index (χ1v) is 10.7. The van der Waals surface area contributed by atoms with E-state index < -0.39 is 34.1 Å². The van der Waals surface area contributed by atoms with Gasteiger partial charge in [-0.25, -0.2) is 8.42 Å². The van der Waals surface area contributed by atoms with Crippen LogP contribution in [0.15, 0.2) is 23.1 Å². The number of hydrogen-bond acceptors (Lipinski definition) is 3. The highest BCUT2D eigenvalue weighted by Crippen LogP contribution is 2.28. The molecule has 0 radical (unpaired) electrons. The van der Waals surface area contributed by atoms with Crippen molar-refractivity contribution >= 4 is 27.5 Å². The molecule has 1 saturated heterocycles. The van der Waals surface area contributed by atoms with Crippen LogP contribution in [-0.2, 0) is 10.0 Å². The van der Waals surface area contributed by atoms with Gasteiger partial charge in [0.05, 0.1) is 15.5 Å². The average Bonchev–Trinajstić information content (AvgIpc) is 3.06. The Kier molecular flexibility index (Phi) is 6.72. The minimum absolute atomic E-state index is 0.0912. The van der Waals surface area contributed by atoms with Gasteiger partial charge in [-0.05, 0) is 36.5 Å². The minimum atomic E-state index is -4.59. The summed E-state index contributed by atoms with van der Waals surface area (Å²) in [4.78, 5) is 13.4. The molecule has 1 aliphatic rings. The molecule has 0 unspecified atom stereocenters. The maximum Gasteiger partial charge on any atom is 0.406 e. The maximum absolute atomic E-state index is 13.0. The summed E-state index contributed by atoms with van der Waals surface area (Å²) in [5.41, 5.74) is -0.845. The smallest absolute Gasteiger partial charge is 0.329 e. The van der Waals surface area contributed by atoms with E-state index in [0.29, 0.717) is 18.0 Å². The van der Waals surface area contributed by atoms with E-state index in [4.69, 9.17) is 11.6 Å². The predicted molar refractivity (Wildman–Crippen MR) is 101 cm³/mol. The Labute approximate surface area is 168 Å². The standard InChI is InChI=1S/C18H24ClF3N2O3S/c1-17(2,3)11-23(12-18(20,21)22)16(25)14-10-13(6-7-15(14)19)28(26,27)24-8-4-5-9-24/h6-7,10H,4-5,8-9,11-12H2,1-3H3. The van der Waals surface area contributed by atoms with Gasteiger partial charge in [-0.1, -0.05) is 32.4 Å². The van der Waals surface area contributed by atoms with Crippen molar-refractivity contribution in [3.05, 3.63) is 28.8 Å². The summed E-state index contributed by atoms with van der Waals surface area (Å²) in [6.45, 7) is 4.27. The van der Waals surface area contributed by atoms with E-state index in [-0.39, 0.29) is 22.0 Å².